The summed E-state index contributed by atoms with van der Waals surface area (Å²) in [6.07, 6.45) is 0. The number of aromatic nitrogens is 3. The number of carbonyl (C=O) groups is 1. The Balaban J connectivity index is 1.65. The molecule has 0 aliphatic heterocycles. The second-order valence-corrected chi connectivity index (χ2v) is 6.72. The summed E-state index contributed by atoms with van der Waals surface area (Å²) >= 11 is 1.13. The van der Waals surface area contributed by atoms with Crippen LogP contribution < -0.4 is 10.9 Å². The lowest BCUT2D eigenvalue weighted by Crippen LogP contribution is -2.17. The number of amides is 1. The topological polar surface area (TPSA) is 87.7 Å². The lowest BCUT2D eigenvalue weighted by Gasteiger charge is -2.10. The molecule has 1 heterocycles. The number of hydrogen-bond acceptors (Lipinski definition) is 5. The van der Waals surface area contributed by atoms with E-state index in [1.165, 1.54) is 0 Å². The Morgan fingerprint density at radius 1 is 1.08 bits per heavy atom. The van der Waals surface area contributed by atoms with Crippen LogP contribution in [0.25, 0.3) is 11.3 Å². The highest BCUT2D eigenvalue weighted by Crippen LogP contribution is 2.19. The Morgan fingerprint density at radius 3 is 2.58 bits per heavy atom. The zero-order valence-electron chi connectivity index (χ0n) is 14.4. The third-order valence-corrected chi connectivity index (χ3v) is 4.81. The van der Waals surface area contributed by atoms with Gasteiger partial charge in [0.1, 0.15) is 0 Å². The lowest BCUT2D eigenvalue weighted by atomic mass is 10.1. The number of rotatable bonds is 5. The summed E-state index contributed by atoms with van der Waals surface area (Å²) in [5, 5.41) is 11.2. The number of H-pyrrole nitrogens is 1. The summed E-state index contributed by atoms with van der Waals surface area (Å²) in [7, 11) is 0. The van der Waals surface area contributed by atoms with Gasteiger partial charge in [-0.15, -0.1) is 10.2 Å². The Bertz CT molecular complexity index is 986. The molecule has 6 nitrogen and oxygen atoms in total. The molecule has 0 saturated heterocycles. The fourth-order valence-electron chi connectivity index (χ4n) is 2.38. The fraction of sp³-hybridized carbons (Fsp3) is 0.158. The van der Waals surface area contributed by atoms with Crippen LogP contribution in [0.3, 0.4) is 0 Å². The van der Waals surface area contributed by atoms with Crippen molar-refractivity contribution in [3.63, 3.8) is 0 Å². The van der Waals surface area contributed by atoms with Crippen molar-refractivity contribution in [1.82, 2.24) is 15.2 Å². The first kappa shape index (κ1) is 17.9. The van der Waals surface area contributed by atoms with Crippen LogP contribution in [0.4, 0.5) is 5.69 Å². The lowest BCUT2D eigenvalue weighted by molar-refractivity contribution is -0.113. The standard InChI is InChI=1S/C19H18N4O2S/c1-12-7-6-10-15(13(12)2)20-16(24)11-26-19-21-18(25)17(22-23-19)14-8-4-3-5-9-14/h3-10H,11H2,1-2H3,(H,20,24)(H,21,23,25). The molecule has 0 saturated carbocycles. The SMILES string of the molecule is Cc1cccc(NC(=O)CSc2nnc(-c3ccccc3)c(=O)[nH]2)c1C. The van der Waals surface area contributed by atoms with Crippen LogP contribution in [0.1, 0.15) is 11.1 Å². The first-order valence-electron chi connectivity index (χ1n) is 8.06. The molecule has 0 unspecified atom stereocenters. The van der Waals surface area contributed by atoms with E-state index >= 15 is 0 Å². The molecule has 1 aromatic heterocycles. The van der Waals surface area contributed by atoms with Gasteiger partial charge in [0.2, 0.25) is 5.91 Å². The molecule has 1 amide bonds. The summed E-state index contributed by atoms with van der Waals surface area (Å²) < 4.78 is 0. The van der Waals surface area contributed by atoms with E-state index in [1.54, 1.807) is 12.1 Å². The minimum absolute atomic E-state index is 0.128. The highest BCUT2D eigenvalue weighted by atomic mass is 32.2. The molecule has 0 radical (unpaired) electrons. The minimum atomic E-state index is -0.330. The Hall–Kier alpha value is -2.93. The molecule has 0 fully saturated rings. The highest BCUT2D eigenvalue weighted by molar-refractivity contribution is 7.99. The van der Waals surface area contributed by atoms with Gasteiger partial charge in [-0.05, 0) is 31.0 Å². The van der Waals surface area contributed by atoms with E-state index in [-0.39, 0.29) is 22.9 Å². The molecule has 2 aromatic carbocycles. The quantitative estimate of drug-likeness (QED) is 0.677. The predicted molar refractivity (Wildman–Crippen MR) is 103 cm³/mol. The van der Waals surface area contributed by atoms with E-state index in [4.69, 9.17) is 0 Å². The van der Waals surface area contributed by atoms with E-state index in [2.05, 4.69) is 20.5 Å². The maximum absolute atomic E-state index is 12.2. The molecule has 3 rings (SSSR count). The van der Waals surface area contributed by atoms with E-state index in [1.807, 2.05) is 50.2 Å². The number of carbonyl (C=O) groups excluding carboxylic acids is 1. The van der Waals surface area contributed by atoms with Gasteiger partial charge < -0.3 is 5.32 Å². The first-order valence-corrected chi connectivity index (χ1v) is 9.04. The van der Waals surface area contributed by atoms with E-state index in [0.29, 0.717) is 10.7 Å². The number of thioether (sulfide) groups is 1. The number of anilines is 1. The maximum atomic E-state index is 12.2. The number of hydrogen-bond donors (Lipinski definition) is 2. The molecule has 3 aromatic rings. The molecule has 2 N–H and O–H groups in total. The van der Waals surface area contributed by atoms with Crippen molar-refractivity contribution in [2.45, 2.75) is 19.0 Å². The highest BCUT2D eigenvalue weighted by Gasteiger charge is 2.10. The predicted octanol–water partition coefficient (Wildman–Crippen LogP) is 3.18. The number of aryl methyl sites for hydroxylation is 1. The Morgan fingerprint density at radius 2 is 1.85 bits per heavy atom. The molecule has 7 heteroatoms. The summed E-state index contributed by atoms with van der Waals surface area (Å²) in [4.78, 5) is 27.0. The van der Waals surface area contributed by atoms with Crippen LogP contribution in [0.5, 0.6) is 0 Å². The molecule has 0 bridgehead atoms. The zero-order valence-corrected chi connectivity index (χ0v) is 15.3. The molecule has 0 atom stereocenters. The molecular formula is C19H18N4O2S. The third kappa shape index (κ3) is 4.18. The molecule has 132 valence electrons. The summed E-state index contributed by atoms with van der Waals surface area (Å²) in [6.45, 7) is 3.96. The minimum Gasteiger partial charge on any atom is -0.325 e. The second-order valence-electron chi connectivity index (χ2n) is 5.76. The van der Waals surface area contributed by atoms with Crippen LogP contribution in [-0.4, -0.2) is 26.8 Å². The largest absolute Gasteiger partial charge is 0.325 e. The first-order chi connectivity index (χ1) is 12.5. The van der Waals surface area contributed by atoms with Gasteiger partial charge in [0.05, 0.1) is 5.75 Å². The summed E-state index contributed by atoms with van der Waals surface area (Å²) in [6, 6.07) is 14.9. The Kier molecular flexibility index (Phi) is 5.48. The molecule has 0 aliphatic rings. The van der Waals surface area contributed by atoms with Crippen molar-refractivity contribution in [3.8, 4) is 11.3 Å². The molecule has 26 heavy (non-hydrogen) atoms. The summed E-state index contributed by atoms with van der Waals surface area (Å²) in [5.41, 5.74) is 3.56. The van der Waals surface area contributed by atoms with Gasteiger partial charge in [-0.2, -0.15) is 0 Å². The van der Waals surface area contributed by atoms with Gasteiger partial charge in [0, 0.05) is 11.3 Å². The van der Waals surface area contributed by atoms with Crippen molar-refractivity contribution in [2.75, 3.05) is 11.1 Å². The molecule has 0 spiro atoms. The molecule has 0 aliphatic carbocycles. The van der Waals surface area contributed by atoms with Crippen molar-refractivity contribution in [3.05, 3.63) is 70.0 Å². The smallest absolute Gasteiger partial charge is 0.278 e. The van der Waals surface area contributed by atoms with Crippen molar-refractivity contribution in [1.29, 1.82) is 0 Å². The van der Waals surface area contributed by atoms with Gasteiger partial charge in [-0.25, -0.2) is 0 Å². The van der Waals surface area contributed by atoms with Crippen molar-refractivity contribution >= 4 is 23.4 Å². The van der Waals surface area contributed by atoms with Crippen LogP contribution in [0.2, 0.25) is 0 Å². The van der Waals surface area contributed by atoms with E-state index in [0.717, 1.165) is 28.6 Å². The van der Waals surface area contributed by atoms with E-state index in [9.17, 15) is 9.59 Å². The van der Waals surface area contributed by atoms with E-state index < -0.39 is 0 Å². The van der Waals surface area contributed by atoms with Crippen molar-refractivity contribution < 1.29 is 4.79 Å². The third-order valence-electron chi connectivity index (χ3n) is 3.94. The van der Waals surface area contributed by atoms with Crippen molar-refractivity contribution in [2.24, 2.45) is 0 Å². The maximum Gasteiger partial charge on any atom is 0.278 e. The van der Waals surface area contributed by atoms with Crippen LogP contribution >= 0.6 is 11.8 Å². The van der Waals surface area contributed by atoms with Gasteiger partial charge in [0.25, 0.3) is 5.56 Å². The van der Waals surface area contributed by atoms with Gasteiger partial charge in [-0.1, -0.05) is 54.2 Å². The summed E-state index contributed by atoms with van der Waals surface area (Å²) in [5.74, 6) is -0.0404. The molecular weight excluding hydrogens is 348 g/mol. The average Bonchev–Trinajstić information content (AvgIpc) is 2.64. The monoisotopic (exact) mass is 366 g/mol. The second kappa shape index (κ2) is 7.97. The number of benzene rings is 2. The van der Waals surface area contributed by atoms with Gasteiger partial charge >= 0.3 is 0 Å². The van der Waals surface area contributed by atoms with Gasteiger partial charge in [-0.3, -0.25) is 14.6 Å². The van der Waals surface area contributed by atoms with Crippen LogP contribution in [0.15, 0.2) is 58.5 Å². The number of aromatic amines is 1. The normalized spacial score (nSPS) is 10.5. The number of nitrogens with zero attached hydrogens (tertiary/aromatic N) is 2. The number of nitrogens with one attached hydrogen (secondary N) is 2. The zero-order chi connectivity index (χ0) is 18.5. The van der Waals surface area contributed by atoms with Crippen LogP contribution in [0, 0.1) is 13.8 Å². The van der Waals surface area contributed by atoms with Crippen LogP contribution in [-0.2, 0) is 4.79 Å². The fourth-order valence-corrected chi connectivity index (χ4v) is 2.98. The average molecular weight is 366 g/mol. The Labute approximate surface area is 155 Å². The van der Waals surface area contributed by atoms with Gasteiger partial charge in [0.15, 0.2) is 10.9 Å².